The maximum absolute atomic E-state index is 9.54. The Morgan fingerprint density at radius 3 is 2.75 bits per heavy atom. The lowest BCUT2D eigenvalue weighted by molar-refractivity contribution is 0.110. The first-order valence-electron chi connectivity index (χ1n) is 6.08. The molecule has 0 aromatic carbocycles. The van der Waals surface area contributed by atoms with Crippen molar-refractivity contribution in [1.29, 1.82) is 0 Å². The standard InChI is InChI=1S/C12H20N2OS/c1-3-11-8-16-12(13-11)14-6-4-10(5-7-14)9(2)15/h8-10,15H,3-7H2,1-2H3. The summed E-state index contributed by atoms with van der Waals surface area (Å²) in [5, 5.41) is 12.8. The lowest BCUT2D eigenvalue weighted by Crippen LogP contribution is -2.36. The Hall–Kier alpha value is -0.610. The fourth-order valence-electron chi connectivity index (χ4n) is 2.18. The van der Waals surface area contributed by atoms with E-state index in [1.54, 1.807) is 11.3 Å². The summed E-state index contributed by atoms with van der Waals surface area (Å²) in [6, 6.07) is 0. The quantitative estimate of drug-likeness (QED) is 0.880. The molecule has 3 nitrogen and oxygen atoms in total. The molecule has 1 atom stereocenters. The molecule has 0 aliphatic carbocycles. The van der Waals surface area contributed by atoms with E-state index in [1.807, 2.05) is 6.92 Å². The molecular weight excluding hydrogens is 220 g/mol. The third-order valence-electron chi connectivity index (χ3n) is 3.39. The number of nitrogens with zero attached hydrogens (tertiary/aromatic N) is 2. The van der Waals surface area contributed by atoms with Gasteiger partial charge < -0.3 is 10.0 Å². The number of aliphatic hydroxyl groups excluding tert-OH is 1. The fraction of sp³-hybridized carbons (Fsp3) is 0.750. The van der Waals surface area contributed by atoms with Gasteiger partial charge in [0.25, 0.3) is 0 Å². The molecule has 0 bridgehead atoms. The molecule has 1 aromatic rings. The van der Waals surface area contributed by atoms with E-state index in [9.17, 15) is 5.11 Å². The number of hydrogen-bond donors (Lipinski definition) is 1. The van der Waals surface area contributed by atoms with Gasteiger partial charge in [-0.3, -0.25) is 0 Å². The molecule has 90 valence electrons. The summed E-state index contributed by atoms with van der Waals surface area (Å²) in [6.45, 7) is 6.11. The maximum Gasteiger partial charge on any atom is 0.185 e. The van der Waals surface area contributed by atoms with Gasteiger partial charge >= 0.3 is 0 Å². The van der Waals surface area contributed by atoms with E-state index in [2.05, 4.69) is 22.2 Å². The van der Waals surface area contributed by atoms with Gasteiger partial charge in [0.05, 0.1) is 11.8 Å². The molecular formula is C12H20N2OS. The molecule has 0 amide bonds. The number of aryl methyl sites for hydroxylation is 1. The highest BCUT2D eigenvalue weighted by molar-refractivity contribution is 7.13. The second kappa shape index (κ2) is 5.15. The van der Waals surface area contributed by atoms with Crippen LogP contribution in [-0.2, 0) is 6.42 Å². The molecule has 0 radical (unpaired) electrons. The Bertz CT molecular complexity index is 330. The monoisotopic (exact) mass is 240 g/mol. The van der Waals surface area contributed by atoms with E-state index in [4.69, 9.17) is 0 Å². The number of thiazole rings is 1. The first-order chi connectivity index (χ1) is 7.70. The van der Waals surface area contributed by atoms with E-state index in [1.165, 1.54) is 5.69 Å². The number of rotatable bonds is 3. The molecule has 4 heteroatoms. The van der Waals surface area contributed by atoms with Gasteiger partial charge in [0, 0.05) is 18.5 Å². The van der Waals surface area contributed by atoms with E-state index >= 15 is 0 Å². The zero-order chi connectivity index (χ0) is 11.5. The van der Waals surface area contributed by atoms with Gasteiger partial charge in [-0.25, -0.2) is 4.98 Å². The van der Waals surface area contributed by atoms with Gasteiger partial charge in [0.2, 0.25) is 0 Å². The van der Waals surface area contributed by atoms with Gasteiger partial charge in [-0.15, -0.1) is 11.3 Å². The van der Waals surface area contributed by atoms with Crippen molar-refractivity contribution in [2.45, 2.75) is 39.2 Å². The van der Waals surface area contributed by atoms with Crippen LogP contribution in [0.15, 0.2) is 5.38 Å². The average Bonchev–Trinajstić information content (AvgIpc) is 2.77. The smallest absolute Gasteiger partial charge is 0.185 e. The summed E-state index contributed by atoms with van der Waals surface area (Å²) in [6.07, 6.45) is 3.02. The van der Waals surface area contributed by atoms with Crippen LogP contribution in [0.3, 0.4) is 0 Å². The molecule has 1 aliphatic heterocycles. The maximum atomic E-state index is 9.54. The second-order valence-electron chi connectivity index (χ2n) is 4.54. The van der Waals surface area contributed by atoms with Crippen molar-refractivity contribution in [3.8, 4) is 0 Å². The Morgan fingerprint density at radius 1 is 1.56 bits per heavy atom. The van der Waals surface area contributed by atoms with Crippen LogP contribution in [0.2, 0.25) is 0 Å². The normalized spacial score (nSPS) is 20.1. The third-order valence-corrected chi connectivity index (χ3v) is 4.34. The number of aliphatic hydroxyl groups is 1. The van der Waals surface area contributed by atoms with Crippen molar-refractivity contribution in [1.82, 2.24) is 4.98 Å². The molecule has 1 aromatic heterocycles. The number of hydrogen-bond acceptors (Lipinski definition) is 4. The largest absolute Gasteiger partial charge is 0.393 e. The van der Waals surface area contributed by atoms with Crippen molar-refractivity contribution in [2.24, 2.45) is 5.92 Å². The van der Waals surface area contributed by atoms with Crippen LogP contribution in [0, 0.1) is 5.92 Å². The van der Waals surface area contributed by atoms with Crippen LogP contribution in [0.1, 0.15) is 32.4 Å². The van der Waals surface area contributed by atoms with Gasteiger partial charge in [-0.05, 0) is 32.1 Å². The minimum Gasteiger partial charge on any atom is -0.393 e. The van der Waals surface area contributed by atoms with Crippen molar-refractivity contribution >= 4 is 16.5 Å². The summed E-state index contributed by atoms with van der Waals surface area (Å²) >= 11 is 1.74. The van der Waals surface area contributed by atoms with Crippen molar-refractivity contribution in [3.05, 3.63) is 11.1 Å². The van der Waals surface area contributed by atoms with Gasteiger partial charge in [0.1, 0.15) is 0 Å². The van der Waals surface area contributed by atoms with Crippen LogP contribution < -0.4 is 4.90 Å². The highest BCUT2D eigenvalue weighted by Crippen LogP contribution is 2.27. The third kappa shape index (κ3) is 2.55. The SMILES string of the molecule is CCc1csc(N2CCC(C(C)O)CC2)n1. The van der Waals surface area contributed by atoms with Crippen molar-refractivity contribution < 1.29 is 5.11 Å². The van der Waals surface area contributed by atoms with Crippen molar-refractivity contribution in [2.75, 3.05) is 18.0 Å². The molecule has 2 heterocycles. The average molecular weight is 240 g/mol. The molecule has 1 unspecified atom stereocenters. The predicted molar refractivity (Wildman–Crippen MR) is 68.1 cm³/mol. The molecule has 1 aliphatic rings. The number of anilines is 1. The Balaban J connectivity index is 1.93. The number of aromatic nitrogens is 1. The summed E-state index contributed by atoms with van der Waals surface area (Å²) in [4.78, 5) is 6.95. The van der Waals surface area contributed by atoms with Crippen LogP contribution in [0.4, 0.5) is 5.13 Å². The molecule has 0 saturated carbocycles. The first kappa shape index (κ1) is 11.9. The zero-order valence-electron chi connectivity index (χ0n) is 10.0. The molecule has 0 spiro atoms. The Labute approximate surface area is 101 Å². The van der Waals surface area contributed by atoms with Gasteiger partial charge in [-0.2, -0.15) is 0 Å². The summed E-state index contributed by atoms with van der Waals surface area (Å²) in [5.74, 6) is 0.474. The highest BCUT2D eigenvalue weighted by atomic mass is 32.1. The minimum atomic E-state index is -0.162. The van der Waals surface area contributed by atoms with Gasteiger partial charge in [0.15, 0.2) is 5.13 Å². The van der Waals surface area contributed by atoms with Crippen LogP contribution in [-0.4, -0.2) is 29.3 Å². The molecule has 1 fully saturated rings. The topological polar surface area (TPSA) is 36.4 Å². The summed E-state index contributed by atoms with van der Waals surface area (Å²) in [5.41, 5.74) is 1.19. The molecule has 1 N–H and O–H groups in total. The second-order valence-corrected chi connectivity index (χ2v) is 5.38. The Morgan fingerprint density at radius 2 is 2.25 bits per heavy atom. The van der Waals surface area contributed by atoms with E-state index < -0.39 is 0 Å². The molecule has 1 saturated heterocycles. The van der Waals surface area contributed by atoms with Crippen LogP contribution >= 0.6 is 11.3 Å². The fourth-order valence-corrected chi connectivity index (χ4v) is 3.14. The highest BCUT2D eigenvalue weighted by Gasteiger charge is 2.23. The Kier molecular flexibility index (Phi) is 3.82. The lowest BCUT2D eigenvalue weighted by Gasteiger charge is -2.33. The van der Waals surface area contributed by atoms with Crippen LogP contribution in [0.25, 0.3) is 0 Å². The summed E-state index contributed by atoms with van der Waals surface area (Å²) < 4.78 is 0. The molecule has 2 rings (SSSR count). The first-order valence-corrected chi connectivity index (χ1v) is 6.96. The van der Waals surface area contributed by atoms with E-state index in [0.29, 0.717) is 5.92 Å². The number of piperidine rings is 1. The van der Waals surface area contributed by atoms with Crippen molar-refractivity contribution in [3.63, 3.8) is 0 Å². The molecule has 16 heavy (non-hydrogen) atoms. The van der Waals surface area contributed by atoms with Gasteiger partial charge in [-0.1, -0.05) is 6.92 Å². The van der Waals surface area contributed by atoms with E-state index in [-0.39, 0.29) is 6.10 Å². The predicted octanol–water partition coefficient (Wildman–Crippen LogP) is 2.30. The summed E-state index contributed by atoms with van der Waals surface area (Å²) in [7, 11) is 0. The lowest BCUT2D eigenvalue weighted by atomic mass is 9.92. The van der Waals surface area contributed by atoms with Crippen LogP contribution in [0.5, 0.6) is 0 Å². The zero-order valence-corrected chi connectivity index (χ0v) is 10.8. The minimum absolute atomic E-state index is 0.162. The van der Waals surface area contributed by atoms with E-state index in [0.717, 1.165) is 37.5 Å².